The number of unbranched alkanes of at least 4 members (excludes halogenated alkanes) is 3. The van der Waals surface area contributed by atoms with Crippen LogP contribution in [0.15, 0.2) is 66.7 Å². The monoisotopic (exact) mass is 406 g/mol. The summed E-state index contributed by atoms with van der Waals surface area (Å²) in [5.41, 5.74) is 15.1. The van der Waals surface area contributed by atoms with Gasteiger partial charge in [0.1, 0.15) is 17.2 Å². The average molecular weight is 407 g/mol. The highest BCUT2D eigenvalue weighted by atomic mass is 16.5. The lowest BCUT2D eigenvalue weighted by Crippen LogP contribution is -2.02. The van der Waals surface area contributed by atoms with Gasteiger partial charge in [-0.25, -0.2) is 0 Å². The zero-order valence-electron chi connectivity index (χ0n) is 17.5. The highest BCUT2D eigenvalue weighted by Crippen LogP contribution is 2.25. The fraction of sp³-hybridized carbons (Fsp3) is 0.280. The van der Waals surface area contributed by atoms with Gasteiger partial charge in [-0.3, -0.25) is 0 Å². The first kappa shape index (κ1) is 21.4. The lowest BCUT2D eigenvalue weighted by atomic mass is 10.1. The smallest absolute Gasteiger partial charge is 0.142 e. The van der Waals surface area contributed by atoms with Crippen LogP contribution in [0.25, 0.3) is 11.1 Å². The molecule has 0 amide bonds. The van der Waals surface area contributed by atoms with Gasteiger partial charge in [0.2, 0.25) is 0 Å². The number of nitrogens with two attached hydrogens (primary N) is 2. The van der Waals surface area contributed by atoms with E-state index in [1.54, 1.807) is 19.2 Å². The molecule has 3 rings (SSSR count). The Bertz CT molecular complexity index is 909. The number of hydrogen-bond donors (Lipinski definition) is 2. The van der Waals surface area contributed by atoms with Crippen molar-refractivity contribution in [2.24, 2.45) is 0 Å². The van der Waals surface area contributed by atoms with Gasteiger partial charge in [-0.05, 0) is 79.3 Å². The van der Waals surface area contributed by atoms with Gasteiger partial charge in [-0.2, -0.15) is 0 Å². The molecule has 5 nitrogen and oxygen atoms in total. The third kappa shape index (κ3) is 6.34. The van der Waals surface area contributed by atoms with Gasteiger partial charge in [0.15, 0.2) is 0 Å². The van der Waals surface area contributed by atoms with E-state index in [0.29, 0.717) is 30.3 Å². The summed E-state index contributed by atoms with van der Waals surface area (Å²) in [5, 5.41) is 0. The topological polar surface area (TPSA) is 79.7 Å². The maximum atomic E-state index is 5.88. The molecule has 0 aliphatic rings. The van der Waals surface area contributed by atoms with Crippen LogP contribution in [0, 0.1) is 0 Å². The number of methoxy groups -OCH3 is 1. The van der Waals surface area contributed by atoms with E-state index in [2.05, 4.69) is 24.3 Å². The lowest BCUT2D eigenvalue weighted by Gasteiger charge is -2.10. The fourth-order valence-electron chi connectivity index (χ4n) is 3.16. The molecule has 0 heterocycles. The minimum absolute atomic E-state index is 0.585. The Hall–Kier alpha value is -3.34. The summed E-state index contributed by atoms with van der Waals surface area (Å²) in [7, 11) is 1.67. The standard InChI is InChI=1S/C25H30N2O3/c1-28-22-11-6-19(7-12-22)20-8-13-23(14-9-20)29-16-4-2-3-5-17-30-25-15-10-21(26)18-24(25)27/h6-15,18H,2-5,16-17,26-27H2,1H3. The molecule has 0 bridgehead atoms. The van der Waals surface area contributed by atoms with E-state index in [9.17, 15) is 0 Å². The van der Waals surface area contributed by atoms with Gasteiger partial charge in [0.25, 0.3) is 0 Å². The Labute approximate surface area is 178 Å². The summed E-state index contributed by atoms with van der Waals surface area (Å²) in [5.74, 6) is 2.46. The number of anilines is 2. The van der Waals surface area contributed by atoms with Gasteiger partial charge in [-0.1, -0.05) is 24.3 Å². The van der Waals surface area contributed by atoms with Crippen LogP contribution in [-0.4, -0.2) is 20.3 Å². The van der Waals surface area contributed by atoms with E-state index in [-0.39, 0.29) is 0 Å². The van der Waals surface area contributed by atoms with Crippen LogP contribution in [-0.2, 0) is 0 Å². The van der Waals surface area contributed by atoms with Crippen molar-refractivity contribution in [1.82, 2.24) is 0 Å². The van der Waals surface area contributed by atoms with Crippen molar-refractivity contribution in [1.29, 1.82) is 0 Å². The molecule has 30 heavy (non-hydrogen) atoms. The van der Waals surface area contributed by atoms with Crippen molar-refractivity contribution >= 4 is 11.4 Å². The van der Waals surface area contributed by atoms with Crippen LogP contribution < -0.4 is 25.7 Å². The van der Waals surface area contributed by atoms with Crippen LogP contribution >= 0.6 is 0 Å². The van der Waals surface area contributed by atoms with E-state index in [0.717, 1.165) is 48.3 Å². The molecule has 0 radical (unpaired) electrons. The summed E-state index contributed by atoms with van der Waals surface area (Å²) in [6, 6.07) is 21.6. The van der Waals surface area contributed by atoms with Gasteiger partial charge < -0.3 is 25.7 Å². The Kier molecular flexibility index (Phi) is 7.84. The van der Waals surface area contributed by atoms with Crippen LogP contribution in [0.5, 0.6) is 17.2 Å². The van der Waals surface area contributed by atoms with Gasteiger partial charge in [0, 0.05) is 5.69 Å². The molecule has 0 aliphatic heterocycles. The second-order valence-corrected chi connectivity index (χ2v) is 7.16. The van der Waals surface area contributed by atoms with Crippen LogP contribution in [0.4, 0.5) is 11.4 Å². The van der Waals surface area contributed by atoms with E-state index < -0.39 is 0 Å². The number of ether oxygens (including phenoxy) is 3. The van der Waals surface area contributed by atoms with Crippen molar-refractivity contribution < 1.29 is 14.2 Å². The highest BCUT2D eigenvalue weighted by Gasteiger charge is 2.02. The van der Waals surface area contributed by atoms with Gasteiger partial charge >= 0.3 is 0 Å². The molecule has 0 saturated heterocycles. The number of nitrogen functional groups attached to an aromatic ring is 2. The van der Waals surface area contributed by atoms with Crippen molar-refractivity contribution in [3.05, 3.63) is 66.7 Å². The predicted molar refractivity (Wildman–Crippen MR) is 123 cm³/mol. The number of rotatable bonds is 11. The van der Waals surface area contributed by atoms with Crippen molar-refractivity contribution in [2.45, 2.75) is 25.7 Å². The average Bonchev–Trinajstić information content (AvgIpc) is 2.77. The molecule has 0 aromatic heterocycles. The Morgan fingerprint density at radius 3 is 1.77 bits per heavy atom. The molecule has 0 aliphatic carbocycles. The van der Waals surface area contributed by atoms with Crippen molar-refractivity contribution in [3.8, 4) is 28.4 Å². The molecule has 158 valence electrons. The fourth-order valence-corrected chi connectivity index (χ4v) is 3.16. The summed E-state index contributed by atoms with van der Waals surface area (Å²) in [6.07, 6.45) is 4.20. The molecule has 0 fully saturated rings. The third-order valence-electron chi connectivity index (χ3n) is 4.88. The normalized spacial score (nSPS) is 10.6. The zero-order chi connectivity index (χ0) is 21.2. The largest absolute Gasteiger partial charge is 0.497 e. The lowest BCUT2D eigenvalue weighted by molar-refractivity contribution is 0.288. The molecule has 0 atom stereocenters. The highest BCUT2D eigenvalue weighted by molar-refractivity contribution is 5.65. The second kappa shape index (κ2) is 11.0. The zero-order valence-corrected chi connectivity index (χ0v) is 17.5. The van der Waals surface area contributed by atoms with Crippen molar-refractivity contribution in [2.75, 3.05) is 31.8 Å². The first-order chi connectivity index (χ1) is 14.7. The maximum absolute atomic E-state index is 5.88. The first-order valence-electron chi connectivity index (χ1n) is 10.3. The quantitative estimate of drug-likeness (QED) is 0.323. The van der Waals surface area contributed by atoms with Crippen LogP contribution in [0.1, 0.15) is 25.7 Å². The van der Waals surface area contributed by atoms with Gasteiger partial charge in [0.05, 0.1) is 26.0 Å². The summed E-state index contributed by atoms with van der Waals surface area (Å²) in [6.45, 7) is 1.37. The minimum atomic E-state index is 0.585. The van der Waals surface area contributed by atoms with Crippen molar-refractivity contribution in [3.63, 3.8) is 0 Å². The number of hydrogen-bond acceptors (Lipinski definition) is 5. The molecule has 4 N–H and O–H groups in total. The third-order valence-corrected chi connectivity index (χ3v) is 4.88. The Balaban J connectivity index is 1.30. The molecule has 5 heteroatoms. The molecule has 3 aromatic carbocycles. The second-order valence-electron chi connectivity index (χ2n) is 7.16. The Morgan fingerprint density at radius 1 is 0.633 bits per heavy atom. The maximum Gasteiger partial charge on any atom is 0.142 e. The van der Waals surface area contributed by atoms with E-state index in [4.69, 9.17) is 25.7 Å². The predicted octanol–water partition coefficient (Wildman–Crippen LogP) is 5.54. The SMILES string of the molecule is COc1ccc(-c2ccc(OCCCCCCOc3ccc(N)cc3N)cc2)cc1. The summed E-state index contributed by atoms with van der Waals surface area (Å²) >= 11 is 0. The van der Waals surface area contributed by atoms with Gasteiger partial charge in [-0.15, -0.1) is 0 Å². The Morgan fingerprint density at radius 2 is 1.20 bits per heavy atom. The molecule has 0 unspecified atom stereocenters. The minimum Gasteiger partial charge on any atom is -0.497 e. The number of benzene rings is 3. The first-order valence-corrected chi connectivity index (χ1v) is 10.3. The van der Waals surface area contributed by atoms with E-state index in [1.165, 1.54) is 0 Å². The summed E-state index contributed by atoms with van der Waals surface area (Å²) < 4.78 is 16.8. The van der Waals surface area contributed by atoms with E-state index in [1.807, 2.05) is 30.3 Å². The summed E-state index contributed by atoms with van der Waals surface area (Å²) in [4.78, 5) is 0. The van der Waals surface area contributed by atoms with Crippen LogP contribution in [0.2, 0.25) is 0 Å². The van der Waals surface area contributed by atoms with Crippen LogP contribution in [0.3, 0.4) is 0 Å². The molecular formula is C25H30N2O3. The molecule has 3 aromatic rings. The molecular weight excluding hydrogens is 376 g/mol. The molecule has 0 saturated carbocycles. The van der Waals surface area contributed by atoms with E-state index >= 15 is 0 Å². The molecule has 0 spiro atoms.